The molecule has 5 heteroatoms. The van der Waals surface area contributed by atoms with Crippen LogP contribution in [0, 0.1) is 40.4 Å². The fourth-order valence-corrected chi connectivity index (χ4v) is 8.35. The second-order valence-electron chi connectivity index (χ2n) is 11.2. The SMILES string of the molecule is CC(=O)O[C@H]1CC[C@@]2(C)C(=CC[C@H]3[C@@H]4C[C@H](OC(C)=O)[C@H]([C@H](C)C=O)[C@@]4(C)CC[C@@H]32)C1. The minimum absolute atomic E-state index is 0.0138. The molecule has 172 valence electrons. The lowest BCUT2D eigenvalue weighted by Crippen LogP contribution is -2.51. The smallest absolute Gasteiger partial charge is 0.302 e. The van der Waals surface area contributed by atoms with Gasteiger partial charge in [0.2, 0.25) is 0 Å². The van der Waals surface area contributed by atoms with Crippen molar-refractivity contribution in [1.82, 2.24) is 0 Å². The highest BCUT2D eigenvalue weighted by atomic mass is 16.5. The van der Waals surface area contributed by atoms with Crippen LogP contribution in [0.1, 0.15) is 79.6 Å². The van der Waals surface area contributed by atoms with Gasteiger partial charge in [0.05, 0.1) is 0 Å². The first kappa shape index (κ1) is 22.5. The summed E-state index contributed by atoms with van der Waals surface area (Å²) in [5, 5.41) is 0. The highest BCUT2D eigenvalue weighted by Crippen LogP contribution is 2.67. The second kappa shape index (κ2) is 8.04. The van der Waals surface area contributed by atoms with E-state index in [2.05, 4.69) is 19.9 Å². The van der Waals surface area contributed by atoms with Crippen molar-refractivity contribution in [2.45, 2.75) is 91.8 Å². The average molecular weight is 431 g/mol. The molecule has 4 rings (SSSR count). The molecule has 31 heavy (non-hydrogen) atoms. The molecule has 9 atom stereocenters. The molecule has 0 aromatic heterocycles. The zero-order valence-corrected chi connectivity index (χ0v) is 19.7. The van der Waals surface area contributed by atoms with Crippen molar-refractivity contribution in [3.8, 4) is 0 Å². The predicted octanol–water partition coefficient (Wildman–Crippen LogP) is 4.87. The van der Waals surface area contributed by atoms with Crippen LogP contribution >= 0.6 is 0 Å². The number of esters is 2. The Kier molecular flexibility index (Phi) is 5.85. The minimum atomic E-state index is -0.242. The first-order valence-electron chi connectivity index (χ1n) is 12.1. The summed E-state index contributed by atoms with van der Waals surface area (Å²) in [5.74, 6) is 1.18. The topological polar surface area (TPSA) is 69.7 Å². The van der Waals surface area contributed by atoms with E-state index in [-0.39, 0.29) is 46.8 Å². The van der Waals surface area contributed by atoms with Crippen molar-refractivity contribution in [1.29, 1.82) is 0 Å². The van der Waals surface area contributed by atoms with Crippen LogP contribution < -0.4 is 0 Å². The molecule has 3 saturated carbocycles. The molecule has 0 N–H and O–H groups in total. The molecule has 0 amide bonds. The lowest BCUT2D eigenvalue weighted by atomic mass is 9.47. The van der Waals surface area contributed by atoms with E-state index in [4.69, 9.17) is 9.47 Å². The van der Waals surface area contributed by atoms with Gasteiger partial charge in [-0.25, -0.2) is 0 Å². The lowest BCUT2D eigenvalue weighted by Gasteiger charge is -2.58. The van der Waals surface area contributed by atoms with E-state index in [0.717, 1.165) is 51.2 Å². The number of aldehydes is 1. The fourth-order valence-electron chi connectivity index (χ4n) is 8.35. The zero-order valence-electron chi connectivity index (χ0n) is 19.7. The normalized spacial score (nSPS) is 44.7. The Balaban J connectivity index is 1.62. The summed E-state index contributed by atoms with van der Waals surface area (Å²) in [4.78, 5) is 35.1. The molecule has 0 aliphatic heterocycles. The third-order valence-electron chi connectivity index (χ3n) is 9.58. The molecule has 0 aromatic carbocycles. The van der Waals surface area contributed by atoms with Crippen LogP contribution in [-0.2, 0) is 23.9 Å². The zero-order chi connectivity index (χ0) is 22.6. The van der Waals surface area contributed by atoms with Gasteiger partial charge in [0, 0.05) is 32.1 Å². The number of fused-ring (bicyclic) bond motifs is 5. The number of carbonyl (C=O) groups excluding carboxylic acids is 3. The van der Waals surface area contributed by atoms with Crippen LogP contribution in [0.2, 0.25) is 0 Å². The molecule has 0 bridgehead atoms. The maximum Gasteiger partial charge on any atom is 0.302 e. The molecule has 4 aliphatic carbocycles. The van der Waals surface area contributed by atoms with Gasteiger partial charge in [-0.05, 0) is 67.1 Å². The van der Waals surface area contributed by atoms with Gasteiger partial charge in [0.25, 0.3) is 0 Å². The van der Waals surface area contributed by atoms with Crippen molar-refractivity contribution >= 4 is 18.2 Å². The summed E-state index contributed by atoms with van der Waals surface area (Å²) in [6.07, 6.45) is 10.3. The summed E-state index contributed by atoms with van der Waals surface area (Å²) in [6.45, 7) is 9.74. The van der Waals surface area contributed by atoms with E-state index in [1.807, 2.05) is 6.92 Å². The van der Waals surface area contributed by atoms with Crippen LogP contribution in [-0.4, -0.2) is 30.4 Å². The molecule has 0 spiro atoms. The molecule has 5 nitrogen and oxygen atoms in total. The standard InChI is InChI=1S/C26H38O5/c1-15(14-27)24-23(31-17(3)29)13-22-20-7-6-18-12-19(30-16(2)28)8-10-25(18,4)21(20)9-11-26(22,24)5/h6,14-15,19-24H,7-13H2,1-5H3/t15-,19+,20-,21+,22+,23+,24+,25+,26+/m1/s1. The van der Waals surface area contributed by atoms with Crippen LogP contribution in [0.25, 0.3) is 0 Å². The van der Waals surface area contributed by atoms with E-state index in [1.165, 1.54) is 19.4 Å². The Morgan fingerprint density at radius 1 is 1.10 bits per heavy atom. The number of ether oxygens (including phenoxy) is 2. The molecule has 0 heterocycles. The van der Waals surface area contributed by atoms with E-state index >= 15 is 0 Å². The maximum atomic E-state index is 11.8. The molecule has 4 aliphatic rings. The van der Waals surface area contributed by atoms with Crippen LogP contribution in [0.15, 0.2) is 11.6 Å². The first-order chi connectivity index (χ1) is 14.6. The Labute approximate surface area is 186 Å². The van der Waals surface area contributed by atoms with Crippen molar-refractivity contribution < 1.29 is 23.9 Å². The first-order valence-corrected chi connectivity index (χ1v) is 12.1. The molecular weight excluding hydrogens is 392 g/mol. The Hall–Kier alpha value is -1.65. The van der Waals surface area contributed by atoms with Crippen molar-refractivity contribution in [2.75, 3.05) is 0 Å². The largest absolute Gasteiger partial charge is 0.462 e. The Morgan fingerprint density at radius 2 is 1.81 bits per heavy atom. The van der Waals surface area contributed by atoms with Crippen LogP contribution in [0.3, 0.4) is 0 Å². The van der Waals surface area contributed by atoms with Gasteiger partial charge in [0.15, 0.2) is 0 Å². The number of allylic oxidation sites excluding steroid dienone is 1. The quantitative estimate of drug-likeness (QED) is 0.361. The van der Waals surface area contributed by atoms with Gasteiger partial charge in [-0.1, -0.05) is 32.4 Å². The number of carbonyl (C=O) groups is 3. The van der Waals surface area contributed by atoms with Crippen LogP contribution in [0.5, 0.6) is 0 Å². The summed E-state index contributed by atoms with van der Waals surface area (Å²) in [7, 11) is 0. The molecule has 0 aromatic rings. The number of hydrogen-bond donors (Lipinski definition) is 0. The predicted molar refractivity (Wildman–Crippen MR) is 117 cm³/mol. The second-order valence-corrected chi connectivity index (χ2v) is 11.2. The van der Waals surface area contributed by atoms with Crippen molar-refractivity contribution in [3.05, 3.63) is 11.6 Å². The summed E-state index contributed by atoms with van der Waals surface area (Å²) >= 11 is 0. The Morgan fingerprint density at radius 3 is 2.45 bits per heavy atom. The Bertz CT molecular complexity index is 787. The highest BCUT2D eigenvalue weighted by molar-refractivity contribution is 5.66. The maximum absolute atomic E-state index is 11.8. The van der Waals surface area contributed by atoms with E-state index < -0.39 is 0 Å². The summed E-state index contributed by atoms with van der Waals surface area (Å²) in [6, 6.07) is 0. The monoisotopic (exact) mass is 430 g/mol. The minimum Gasteiger partial charge on any atom is -0.462 e. The third kappa shape index (κ3) is 3.66. The van der Waals surface area contributed by atoms with Crippen molar-refractivity contribution in [2.24, 2.45) is 40.4 Å². The number of hydrogen-bond acceptors (Lipinski definition) is 5. The van der Waals surface area contributed by atoms with Gasteiger partial charge in [0.1, 0.15) is 18.5 Å². The highest BCUT2D eigenvalue weighted by Gasteiger charge is 2.62. The molecule has 0 radical (unpaired) electrons. The van der Waals surface area contributed by atoms with E-state index in [0.29, 0.717) is 17.8 Å². The van der Waals surface area contributed by atoms with Crippen molar-refractivity contribution in [3.63, 3.8) is 0 Å². The van der Waals surface area contributed by atoms with Gasteiger partial charge in [-0.2, -0.15) is 0 Å². The van der Waals surface area contributed by atoms with Crippen LogP contribution in [0.4, 0.5) is 0 Å². The van der Waals surface area contributed by atoms with Gasteiger partial charge >= 0.3 is 11.9 Å². The number of rotatable bonds is 4. The average Bonchev–Trinajstić information content (AvgIpc) is 2.98. The molecular formula is C26H38O5. The van der Waals surface area contributed by atoms with Gasteiger partial charge < -0.3 is 14.3 Å². The molecule has 0 saturated heterocycles. The third-order valence-corrected chi connectivity index (χ3v) is 9.58. The van der Waals surface area contributed by atoms with E-state index in [1.54, 1.807) is 0 Å². The molecule has 0 unspecified atom stereocenters. The van der Waals surface area contributed by atoms with E-state index in [9.17, 15) is 14.4 Å². The molecule has 3 fully saturated rings. The lowest BCUT2D eigenvalue weighted by molar-refractivity contribution is -0.152. The van der Waals surface area contributed by atoms with Gasteiger partial charge in [-0.3, -0.25) is 9.59 Å². The fraction of sp³-hybridized carbons (Fsp3) is 0.808. The van der Waals surface area contributed by atoms with Gasteiger partial charge in [-0.15, -0.1) is 0 Å². The summed E-state index contributed by atoms with van der Waals surface area (Å²) in [5.41, 5.74) is 1.66. The summed E-state index contributed by atoms with van der Waals surface area (Å²) < 4.78 is 11.4.